The van der Waals surface area contributed by atoms with Gasteiger partial charge in [-0.1, -0.05) is 18.2 Å². The first-order valence-corrected chi connectivity index (χ1v) is 10.1. The minimum atomic E-state index is 0.343. The summed E-state index contributed by atoms with van der Waals surface area (Å²) in [7, 11) is 1.95. The van der Waals surface area contributed by atoms with Gasteiger partial charge in [0, 0.05) is 23.0 Å². The van der Waals surface area contributed by atoms with Gasteiger partial charge in [0.2, 0.25) is 6.20 Å². The summed E-state index contributed by atoms with van der Waals surface area (Å²) >= 11 is 5.98. The van der Waals surface area contributed by atoms with Gasteiger partial charge in [-0.25, -0.2) is 0 Å². The SMILES string of the molecule is C=C(C=C(C)c1c[n+](C)c(-c2ccc(Cl)cc2)o1)C(C=NC1CCNCC1)=CN. The number of hydrogen-bond acceptors (Lipinski definition) is 4. The Morgan fingerprint density at radius 2 is 2.00 bits per heavy atom. The van der Waals surface area contributed by atoms with Crippen molar-refractivity contribution >= 4 is 23.4 Å². The molecule has 1 aromatic carbocycles. The fourth-order valence-corrected chi connectivity index (χ4v) is 3.39. The second-order valence-electron chi connectivity index (χ2n) is 7.25. The van der Waals surface area contributed by atoms with Gasteiger partial charge < -0.3 is 15.5 Å². The number of halogens is 1. The molecule has 152 valence electrons. The van der Waals surface area contributed by atoms with Crippen LogP contribution in [0, 0.1) is 0 Å². The Bertz CT molecular complexity index is 948. The third kappa shape index (κ3) is 5.46. The molecule has 1 fully saturated rings. The molecule has 0 saturated carbocycles. The highest BCUT2D eigenvalue weighted by Gasteiger charge is 2.19. The molecule has 0 spiro atoms. The van der Waals surface area contributed by atoms with Crippen LogP contribution >= 0.6 is 11.6 Å². The number of aliphatic imine (C=N–C) groups is 1. The first kappa shape index (κ1) is 21.1. The number of allylic oxidation sites excluding steroid dienone is 4. The minimum absolute atomic E-state index is 0.343. The lowest BCUT2D eigenvalue weighted by atomic mass is 10.0. The van der Waals surface area contributed by atoms with Crippen molar-refractivity contribution in [1.82, 2.24) is 5.32 Å². The largest absolute Gasteiger partial charge is 0.404 e. The molecule has 0 amide bonds. The van der Waals surface area contributed by atoms with Crippen LogP contribution in [0.1, 0.15) is 25.5 Å². The Morgan fingerprint density at radius 3 is 2.66 bits per heavy atom. The molecule has 29 heavy (non-hydrogen) atoms. The van der Waals surface area contributed by atoms with E-state index in [4.69, 9.17) is 21.8 Å². The molecular weight excluding hydrogens is 384 g/mol. The molecule has 0 bridgehead atoms. The summed E-state index contributed by atoms with van der Waals surface area (Å²) in [5.41, 5.74) is 9.37. The van der Waals surface area contributed by atoms with Crippen LogP contribution in [0.3, 0.4) is 0 Å². The van der Waals surface area contributed by atoms with Crippen LogP contribution in [0.2, 0.25) is 5.02 Å². The van der Waals surface area contributed by atoms with Crippen molar-refractivity contribution < 1.29 is 8.98 Å². The Morgan fingerprint density at radius 1 is 1.31 bits per heavy atom. The van der Waals surface area contributed by atoms with Crippen LogP contribution in [-0.4, -0.2) is 25.3 Å². The highest BCUT2D eigenvalue weighted by molar-refractivity contribution is 6.30. The Hall–Kier alpha value is -2.63. The maximum absolute atomic E-state index is 6.09. The first-order valence-electron chi connectivity index (χ1n) is 9.77. The van der Waals surface area contributed by atoms with E-state index in [1.165, 1.54) is 0 Å². The molecule has 1 aromatic heterocycles. The van der Waals surface area contributed by atoms with Crippen molar-refractivity contribution in [2.75, 3.05) is 13.1 Å². The molecule has 0 unspecified atom stereocenters. The molecular formula is C23H28ClN4O+. The van der Waals surface area contributed by atoms with Crippen LogP contribution in [-0.2, 0) is 7.05 Å². The summed E-state index contributed by atoms with van der Waals surface area (Å²) in [6, 6.07) is 7.92. The maximum Gasteiger partial charge on any atom is 0.380 e. The smallest absolute Gasteiger partial charge is 0.380 e. The molecule has 5 nitrogen and oxygen atoms in total. The van der Waals surface area contributed by atoms with Crippen LogP contribution in [0.15, 0.2) is 69.9 Å². The molecule has 0 atom stereocenters. The molecule has 1 saturated heterocycles. The zero-order valence-corrected chi connectivity index (χ0v) is 17.7. The van der Waals surface area contributed by atoms with Gasteiger partial charge in [0.1, 0.15) is 7.05 Å². The van der Waals surface area contributed by atoms with Crippen molar-refractivity contribution in [3.63, 3.8) is 0 Å². The summed E-state index contributed by atoms with van der Waals surface area (Å²) in [4.78, 5) is 4.68. The monoisotopic (exact) mass is 411 g/mol. The van der Waals surface area contributed by atoms with E-state index >= 15 is 0 Å². The average Bonchev–Trinajstić information content (AvgIpc) is 3.11. The predicted octanol–water partition coefficient (Wildman–Crippen LogP) is 4.05. The maximum atomic E-state index is 6.09. The zero-order chi connectivity index (χ0) is 20.8. The number of aromatic nitrogens is 1. The zero-order valence-electron chi connectivity index (χ0n) is 17.0. The first-order chi connectivity index (χ1) is 14.0. The van der Waals surface area contributed by atoms with Gasteiger partial charge in [-0.05, 0) is 74.3 Å². The molecule has 2 aromatic rings. The number of hydrogen-bond donors (Lipinski definition) is 2. The van der Waals surface area contributed by atoms with Gasteiger partial charge >= 0.3 is 5.89 Å². The number of rotatable bonds is 6. The third-order valence-electron chi connectivity index (χ3n) is 4.99. The number of nitrogens with two attached hydrogens (primary N) is 1. The van der Waals surface area contributed by atoms with Crippen molar-refractivity contribution in [2.45, 2.75) is 25.8 Å². The van der Waals surface area contributed by atoms with Crippen LogP contribution in [0.5, 0.6) is 0 Å². The van der Waals surface area contributed by atoms with E-state index in [0.29, 0.717) is 11.1 Å². The molecule has 0 radical (unpaired) electrons. The van der Waals surface area contributed by atoms with Gasteiger partial charge in [0.05, 0.1) is 11.6 Å². The molecule has 6 heteroatoms. The van der Waals surface area contributed by atoms with Crippen LogP contribution in [0.25, 0.3) is 17.0 Å². The van der Waals surface area contributed by atoms with E-state index in [9.17, 15) is 0 Å². The van der Waals surface area contributed by atoms with Crippen LogP contribution < -0.4 is 15.6 Å². The normalized spacial score (nSPS) is 16.5. The van der Waals surface area contributed by atoms with Crippen molar-refractivity contribution in [1.29, 1.82) is 0 Å². The molecule has 3 N–H and O–H groups in total. The fourth-order valence-electron chi connectivity index (χ4n) is 3.26. The summed E-state index contributed by atoms with van der Waals surface area (Å²) in [5, 5.41) is 4.04. The highest BCUT2D eigenvalue weighted by atomic mass is 35.5. The summed E-state index contributed by atoms with van der Waals surface area (Å²) in [6.07, 6.45) is 9.41. The molecule has 1 aliphatic heterocycles. The van der Waals surface area contributed by atoms with Crippen molar-refractivity contribution in [2.24, 2.45) is 17.8 Å². The molecule has 1 aliphatic rings. The molecule has 0 aliphatic carbocycles. The van der Waals surface area contributed by atoms with Gasteiger partial charge in [-0.2, -0.15) is 4.57 Å². The second kappa shape index (κ2) is 9.72. The Kier molecular flexibility index (Phi) is 7.07. The van der Waals surface area contributed by atoms with E-state index in [1.54, 1.807) is 6.20 Å². The van der Waals surface area contributed by atoms with E-state index in [0.717, 1.165) is 59.9 Å². The quantitative estimate of drug-likeness (QED) is 0.428. The van der Waals surface area contributed by atoms with Crippen molar-refractivity contribution in [3.05, 3.63) is 71.2 Å². The number of oxazole rings is 1. The Balaban J connectivity index is 1.75. The van der Waals surface area contributed by atoms with Crippen LogP contribution in [0.4, 0.5) is 0 Å². The number of benzene rings is 1. The summed E-state index contributed by atoms with van der Waals surface area (Å²) < 4.78 is 8.05. The summed E-state index contributed by atoms with van der Waals surface area (Å²) in [6.45, 7) is 8.17. The highest BCUT2D eigenvalue weighted by Crippen LogP contribution is 2.24. The lowest BCUT2D eigenvalue weighted by molar-refractivity contribution is -0.662. The van der Waals surface area contributed by atoms with Crippen molar-refractivity contribution in [3.8, 4) is 11.5 Å². The van der Waals surface area contributed by atoms with E-state index in [-0.39, 0.29) is 0 Å². The predicted molar refractivity (Wildman–Crippen MR) is 120 cm³/mol. The number of piperidine rings is 1. The molecule has 2 heterocycles. The van der Waals surface area contributed by atoms with Gasteiger partial charge in [-0.15, -0.1) is 0 Å². The second-order valence-corrected chi connectivity index (χ2v) is 7.69. The minimum Gasteiger partial charge on any atom is -0.404 e. The van der Waals surface area contributed by atoms with E-state index in [1.807, 2.05) is 61.3 Å². The van der Waals surface area contributed by atoms with E-state index in [2.05, 4.69) is 16.9 Å². The average molecular weight is 412 g/mol. The van der Waals surface area contributed by atoms with E-state index < -0.39 is 0 Å². The number of aryl methyl sites for hydroxylation is 1. The number of nitrogens with zero attached hydrogens (tertiary/aromatic N) is 2. The third-order valence-corrected chi connectivity index (χ3v) is 5.24. The van der Waals surface area contributed by atoms with Gasteiger partial charge in [0.15, 0.2) is 5.76 Å². The topological polar surface area (TPSA) is 67.4 Å². The lowest BCUT2D eigenvalue weighted by Crippen LogP contribution is -2.29. The standard InChI is InChI=1S/C23H28ClN4O/c1-16(19(13-25)14-27-21-8-10-26-11-9-21)12-17(2)22-15-28(3)23(29-22)18-4-6-20(24)7-5-18/h4-7,12-15,21,26H,1,8-11,25H2,2-3H3/q+1. The fraction of sp³-hybridized carbons (Fsp3) is 0.304. The van der Waals surface area contributed by atoms with Gasteiger partial charge in [0.25, 0.3) is 0 Å². The Labute approximate surface area is 177 Å². The lowest BCUT2D eigenvalue weighted by Gasteiger charge is -2.18. The van der Waals surface area contributed by atoms with Gasteiger partial charge in [-0.3, -0.25) is 4.99 Å². The summed E-state index contributed by atoms with van der Waals surface area (Å²) in [5.74, 6) is 1.53. The number of nitrogens with one attached hydrogen (secondary N) is 1. The molecule has 3 rings (SSSR count).